The molecule has 1 aliphatic heterocycles. The number of nitrogens with one attached hydrogen (secondary N) is 1. The quantitative estimate of drug-likeness (QED) is 0.848. The molecule has 1 aromatic rings. The van der Waals surface area contributed by atoms with E-state index in [0.29, 0.717) is 30.8 Å². The van der Waals surface area contributed by atoms with Crippen LogP contribution in [0.2, 0.25) is 0 Å². The summed E-state index contributed by atoms with van der Waals surface area (Å²) in [5.41, 5.74) is 1.08. The first-order valence-corrected chi connectivity index (χ1v) is 5.82. The first kappa shape index (κ1) is 12.5. The number of hydrogen-bond donors (Lipinski definition) is 1. The van der Waals surface area contributed by atoms with Gasteiger partial charge >= 0.3 is 0 Å². The number of piperazine rings is 1. The molecule has 2 rings (SSSR count). The zero-order chi connectivity index (χ0) is 13.1. The van der Waals surface area contributed by atoms with Crippen LogP contribution < -0.4 is 5.32 Å². The molecule has 5 heteroatoms. The monoisotopic (exact) mass is 247 g/mol. The summed E-state index contributed by atoms with van der Waals surface area (Å²) < 4.78 is 13.2. The molecule has 1 saturated heterocycles. The summed E-state index contributed by atoms with van der Waals surface area (Å²) in [6.45, 7) is 3.50. The number of nitrogens with zero attached hydrogens (tertiary/aromatic N) is 2. The van der Waals surface area contributed by atoms with Gasteiger partial charge in [-0.25, -0.2) is 4.39 Å². The Morgan fingerprint density at radius 1 is 1.61 bits per heavy atom. The lowest BCUT2D eigenvalue weighted by molar-refractivity contribution is -0.128. The molecule has 94 valence electrons. The molecule has 0 radical (unpaired) electrons. The molecule has 18 heavy (non-hydrogen) atoms. The van der Waals surface area contributed by atoms with Crippen molar-refractivity contribution < 1.29 is 9.18 Å². The molecule has 0 bridgehead atoms. The molecule has 0 saturated carbocycles. The molecule has 4 nitrogen and oxygen atoms in total. The van der Waals surface area contributed by atoms with Crippen LogP contribution in [0.15, 0.2) is 18.2 Å². The standard InChI is InChI=1S/C13H14FN3O/c1-9-13(18)16-4-5-17(9)8-11-6-12(14)3-2-10(11)7-15/h2-3,6,9H,4-5,8H2,1H3,(H,16,18). The van der Waals surface area contributed by atoms with Gasteiger partial charge < -0.3 is 5.32 Å². The summed E-state index contributed by atoms with van der Waals surface area (Å²) in [4.78, 5) is 13.5. The van der Waals surface area contributed by atoms with Crippen molar-refractivity contribution in [1.82, 2.24) is 10.2 Å². The summed E-state index contributed by atoms with van der Waals surface area (Å²) >= 11 is 0. The van der Waals surface area contributed by atoms with Crippen molar-refractivity contribution in [2.75, 3.05) is 13.1 Å². The number of halogens is 1. The molecular formula is C13H14FN3O. The largest absolute Gasteiger partial charge is 0.353 e. The van der Waals surface area contributed by atoms with Gasteiger partial charge in [0.15, 0.2) is 0 Å². The molecule has 1 unspecified atom stereocenters. The second-order valence-electron chi connectivity index (χ2n) is 4.35. The SMILES string of the molecule is CC1C(=O)NCCN1Cc1cc(F)ccc1C#N. The predicted octanol–water partition coefficient (Wildman–Crippen LogP) is 1.02. The van der Waals surface area contributed by atoms with Gasteiger partial charge in [0.2, 0.25) is 5.91 Å². The summed E-state index contributed by atoms with van der Waals surface area (Å²) in [6, 6.07) is 5.89. The van der Waals surface area contributed by atoms with Crippen LogP contribution >= 0.6 is 0 Å². The number of benzene rings is 1. The van der Waals surface area contributed by atoms with Crippen LogP contribution in [0, 0.1) is 17.1 Å². The molecule has 1 aliphatic rings. The third-order valence-electron chi connectivity index (χ3n) is 3.19. The van der Waals surface area contributed by atoms with E-state index in [9.17, 15) is 9.18 Å². The Bertz CT molecular complexity index is 509. The van der Waals surface area contributed by atoms with Crippen molar-refractivity contribution in [3.8, 4) is 6.07 Å². The van der Waals surface area contributed by atoms with Gasteiger partial charge in [-0.05, 0) is 30.7 Å². The Hall–Kier alpha value is -1.93. The van der Waals surface area contributed by atoms with Crippen molar-refractivity contribution in [1.29, 1.82) is 5.26 Å². The Balaban J connectivity index is 2.21. The van der Waals surface area contributed by atoms with E-state index in [-0.39, 0.29) is 17.8 Å². The van der Waals surface area contributed by atoms with Gasteiger partial charge in [-0.15, -0.1) is 0 Å². The van der Waals surface area contributed by atoms with E-state index < -0.39 is 0 Å². The van der Waals surface area contributed by atoms with Gasteiger partial charge in [0, 0.05) is 19.6 Å². The fourth-order valence-corrected chi connectivity index (χ4v) is 2.07. The van der Waals surface area contributed by atoms with Crippen LogP contribution in [-0.4, -0.2) is 29.9 Å². The molecule has 1 amide bonds. The maximum Gasteiger partial charge on any atom is 0.237 e. The third kappa shape index (κ3) is 2.49. The van der Waals surface area contributed by atoms with Crippen LogP contribution in [0.5, 0.6) is 0 Å². The highest BCUT2D eigenvalue weighted by molar-refractivity contribution is 5.82. The van der Waals surface area contributed by atoms with Gasteiger partial charge in [0.25, 0.3) is 0 Å². The Labute approximate surface area is 105 Å². The molecule has 1 heterocycles. The molecule has 0 spiro atoms. The summed E-state index contributed by atoms with van der Waals surface area (Å²) in [5.74, 6) is -0.394. The highest BCUT2D eigenvalue weighted by atomic mass is 19.1. The fourth-order valence-electron chi connectivity index (χ4n) is 2.07. The summed E-state index contributed by atoms with van der Waals surface area (Å²) in [5, 5.41) is 11.8. The number of hydrogen-bond acceptors (Lipinski definition) is 3. The van der Waals surface area contributed by atoms with Crippen LogP contribution in [0.4, 0.5) is 4.39 Å². The highest BCUT2D eigenvalue weighted by Gasteiger charge is 2.25. The van der Waals surface area contributed by atoms with Crippen molar-refractivity contribution >= 4 is 5.91 Å². The molecule has 0 aliphatic carbocycles. The van der Waals surface area contributed by atoms with Gasteiger partial charge in [0.1, 0.15) is 5.82 Å². The predicted molar refractivity (Wildman–Crippen MR) is 64.0 cm³/mol. The first-order valence-electron chi connectivity index (χ1n) is 5.82. The zero-order valence-corrected chi connectivity index (χ0v) is 10.1. The second-order valence-corrected chi connectivity index (χ2v) is 4.35. The minimum Gasteiger partial charge on any atom is -0.353 e. The lowest BCUT2D eigenvalue weighted by atomic mass is 10.1. The lowest BCUT2D eigenvalue weighted by Crippen LogP contribution is -2.53. The van der Waals surface area contributed by atoms with Crippen LogP contribution in [0.3, 0.4) is 0 Å². The number of nitriles is 1. The van der Waals surface area contributed by atoms with E-state index in [1.54, 1.807) is 6.92 Å². The summed E-state index contributed by atoms with van der Waals surface area (Å²) in [6.07, 6.45) is 0. The lowest BCUT2D eigenvalue weighted by Gasteiger charge is -2.32. The number of carbonyl (C=O) groups is 1. The van der Waals surface area contributed by atoms with Crippen LogP contribution in [0.25, 0.3) is 0 Å². The van der Waals surface area contributed by atoms with Crippen molar-refractivity contribution in [3.05, 3.63) is 35.1 Å². The van der Waals surface area contributed by atoms with Crippen molar-refractivity contribution in [3.63, 3.8) is 0 Å². The molecule has 1 aromatic carbocycles. The van der Waals surface area contributed by atoms with Crippen molar-refractivity contribution in [2.45, 2.75) is 19.5 Å². The Kier molecular flexibility index (Phi) is 3.58. The third-order valence-corrected chi connectivity index (χ3v) is 3.19. The highest BCUT2D eigenvalue weighted by Crippen LogP contribution is 2.16. The molecule has 1 N–H and O–H groups in total. The van der Waals surface area contributed by atoms with Crippen LogP contribution in [0.1, 0.15) is 18.1 Å². The van der Waals surface area contributed by atoms with Crippen LogP contribution in [-0.2, 0) is 11.3 Å². The smallest absolute Gasteiger partial charge is 0.237 e. The summed E-state index contributed by atoms with van der Waals surface area (Å²) in [7, 11) is 0. The van der Waals surface area contributed by atoms with E-state index in [0.717, 1.165) is 0 Å². The van der Waals surface area contributed by atoms with E-state index in [2.05, 4.69) is 5.32 Å². The topological polar surface area (TPSA) is 56.1 Å². The second kappa shape index (κ2) is 5.15. The van der Waals surface area contributed by atoms with E-state index in [4.69, 9.17) is 5.26 Å². The van der Waals surface area contributed by atoms with E-state index >= 15 is 0 Å². The molecule has 0 aromatic heterocycles. The Morgan fingerprint density at radius 2 is 2.39 bits per heavy atom. The van der Waals surface area contributed by atoms with Gasteiger partial charge in [-0.3, -0.25) is 9.69 Å². The van der Waals surface area contributed by atoms with Crippen molar-refractivity contribution in [2.24, 2.45) is 0 Å². The maximum atomic E-state index is 13.2. The average molecular weight is 247 g/mol. The van der Waals surface area contributed by atoms with Gasteiger partial charge in [-0.1, -0.05) is 0 Å². The minimum absolute atomic E-state index is 0.0313. The number of rotatable bonds is 2. The minimum atomic E-state index is -0.363. The normalized spacial score (nSPS) is 20.3. The van der Waals surface area contributed by atoms with Gasteiger partial charge in [-0.2, -0.15) is 5.26 Å². The average Bonchev–Trinajstić information content (AvgIpc) is 2.35. The Morgan fingerprint density at radius 3 is 3.11 bits per heavy atom. The zero-order valence-electron chi connectivity index (χ0n) is 10.1. The maximum absolute atomic E-state index is 13.2. The van der Waals surface area contributed by atoms with E-state index in [1.807, 2.05) is 11.0 Å². The van der Waals surface area contributed by atoms with Gasteiger partial charge in [0.05, 0.1) is 17.7 Å². The number of amides is 1. The number of carbonyl (C=O) groups excluding carboxylic acids is 1. The molecule has 1 fully saturated rings. The molecular weight excluding hydrogens is 233 g/mol. The first-order chi connectivity index (χ1) is 8.61. The molecule has 1 atom stereocenters. The fraction of sp³-hybridized carbons (Fsp3) is 0.385. The van der Waals surface area contributed by atoms with E-state index in [1.165, 1.54) is 18.2 Å².